The predicted octanol–water partition coefficient (Wildman–Crippen LogP) is 2.73. The van der Waals surface area contributed by atoms with Crippen LogP contribution < -0.4 is 10.6 Å². The average molecular weight is 352 g/mol. The van der Waals surface area contributed by atoms with E-state index in [-0.39, 0.29) is 0 Å². The van der Waals surface area contributed by atoms with Gasteiger partial charge in [0.05, 0.1) is 21.4 Å². The van der Waals surface area contributed by atoms with E-state index < -0.39 is 0 Å². The molecule has 2 rings (SSSR count). The van der Waals surface area contributed by atoms with E-state index in [1.807, 2.05) is 6.92 Å². The first-order valence-corrected chi connectivity index (χ1v) is 9.62. The Kier molecular flexibility index (Phi) is 6.98. The topological polar surface area (TPSA) is 62.2 Å². The average Bonchev–Trinajstić information content (AvgIpc) is 3.11. The van der Waals surface area contributed by atoms with Crippen molar-refractivity contribution in [2.45, 2.75) is 40.0 Å². The van der Waals surface area contributed by atoms with Crippen LogP contribution in [0, 0.1) is 13.8 Å². The molecule has 2 heterocycles. The van der Waals surface area contributed by atoms with Crippen LogP contribution in [0.5, 0.6) is 0 Å². The quantitative estimate of drug-likeness (QED) is 0.595. The third-order valence-corrected chi connectivity index (χ3v) is 5.36. The van der Waals surface area contributed by atoms with Crippen LogP contribution in [0.2, 0.25) is 0 Å². The second kappa shape index (κ2) is 8.98. The highest BCUT2D eigenvalue weighted by Gasteiger charge is 2.06. The Labute approximate surface area is 146 Å². The van der Waals surface area contributed by atoms with Crippen molar-refractivity contribution in [3.63, 3.8) is 0 Å². The van der Waals surface area contributed by atoms with Crippen molar-refractivity contribution >= 4 is 28.6 Å². The number of rotatable bonds is 7. The van der Waals surface area contributed by atoms with Crippen molar-refractivity contribution in [3.8, 4) is 0 Å². The molecule has 0 spiro atoms. The first-order valence-electron chi connectivity index (χ1n) is 7.93. The molecule has 0 amide bonds. The molecule has 5 nitrogen and oxygen atoms in total. The highest BCUT2D eigenvalue weighted by Crippen LogP contribution is 2.17. The maximum atomic E-state index is 4.67. The molecular weight excluding hydrogens is 326 g/mol. The van der Waals surface area contributed by atoms with E-state index in [0.29, 0.717) is 0 Å². The van der Waals surface area contributed by atoms with E-state index in [9.17, 15) is 0 Å². The van der Waals surface area contributed by atoms with Gasteiger partial charge in [0.15, 0.2) is 5.96 Å². The first-order chi connectivity index (χ1) is 11.1. The standard InChI is InChI=1S/C16H25N5S2/c1-5-14-11(2)23-15(21-14)7-9-19-16(17-4)18-8-6-13-10-22-12(3)20-13/h10H,5-9H2,1-4H3,(H2,17,18,19). The van der Waals surface area contributed by atoms with Crippen LogP contribution in [-0.4, -0.2) is 36.1 Å². The Balaban J connectivity index is 1.70. The van der Waals surface area contributed by atoms with Gasteiger partial charge in [-0.15, -0.1) is 22.7 Å². The number of aromatic nitrogens is 2. The fourth-order valence-corrected chi connectivity index (χ4v) is 3.93. The van der Waals surface area contributed by atoms with Crippen LogP contribution in [0.4, 0.5) is 0 Å². The third kappa shape index (κ3) is 5.58. The summed E-state index contributed by atoms with van der Waals surface area (Å²) in [5.74, 6) is 0.834. The number of aryl methyl sites for hydroxylation is 3. The molecule has 2 N–H and O–H groups in total. The summed E-state index contributed by atoms with van der Waals surface area (Å²) in [6.45, 7) is 8.00. The van der Waals surface area contributed by atoms with Crippen molar-refractivity contribution in [2.75, 3.05) is 20.1 Å². The molecule has 0 saturated heterocycles. The van der Waals surface area contributed by atoms with Crippen molar-refractivity contribution in [1.29, 1.82) is 0 Å². The van der Waals surface area contributed by atoms with Crippen LogP contribution in [0.15, 0.2) is 10.4 Å². The fourth-order valence-electron chi connectivity index (χ4n) is 2.26. The maximum Gasteiger partial charge on any atom is 0.191 e. The lowest BCUT2D eigenvalue weighted by Crippen LogP contribution is -2.39. The number of nitrogens with one attached hydrogen (secondary N) is 2. The fraction of sp³-hybridized carbons (Fsp3) is 0.562. The highest BCUT2D eigenvalue weighted by atomic mass is 32.1. The van der Waals surface area contributed by atoms with Gasteiger partial charge in [-0.25, -0.2) is 9.97 Å². The zero-order chi connectivity index (χ0) is 16.7. The van der Waals surface area contributed by atoms with Crippen LogP contribution in [0.3, 0.4) is 0 Å². The highest BCUT2D eigenvalue weighted by molar-refractivity contribution is 7.11. The van der Waals surface area contributed by atoms with Crippen LogP contribution in [0.1, 0.15) is 33.2 Å². The number of hydrogen-bond acceptors (Lipinski definition) is 5. The Bertz CT molecular complexity index is 645. The molecule has 2 aromatic heterocycles. The lowest BCUT2D eigenvalue weighted by molar-refractivity contribution is 0.774. The van der Waals surface area contributed by atoms with Gasteiger partial charge in [-0.05, 0) is 20.3 Å². The summed E-state index contributed by atoms with van der Waals surface area (Å²) < 4.78 is 0. The van der Waals surface area contributed by atoms with Gasteiger partial charge in [0, 0.05) is 43.2 Å². The lowest BCUT2D eigenvalue weighted by atomic mass is 10.3. The summed E-state index contributed by atoms with van der Waals surface area (Å²) in [7, 11) is 1.80. The largest absolute Gasteiger partial charge is 0.356 e. The van der Waals surface area contributed by atoms with Gasteiger partial charge in [-0.1, -0.05) is 6.92 Å². The van der Waals surface area contributed by atoms with Crippen molar-refractivity contribution in [2.24, 2.45) is 4.99 Å². The smallest absolute Gasteiger partial charge is 0.191 e. The summed E-state index contributed by atoms with van der Waals surface area (Å²) in [6, 6.07) is 0. The van der Waals surface area contributed by atoms with E-state index >= 15 is 0 Å². The second-order valence-electron chi connectivity index (χ2n) is 5.25. The van der Waals surface area contributed by atoms with E-state index in [1.54, 1.807) is 29.7 Å². The summed E-state index contributed by atoms with van der Waals surface area (Å²) in [5.41, 5.74) is 2.37. The monoisotopic (exact) mass is 351 g/mol. The Morgan fingerprint density at radius 1 is 1.17 bits per heavy atom. The molecule has 0 bridgehead atoms. The van der Waals surface area contributed by atoms with Crippen molar-refractivity contribution in [3.05, 3.63) is 31.7 Å². The Morgan fingerprint density at radius 3 is 2.48 bits per heavy atom. The van der Waals surface area contributed by atoms with Gasteiger partial charge in [0.1, 0.15) is 0 Å². The summed E-state index contributed by atoms with van der Waals surface area (Å²) >= 11 is 3.49. The van der Waals surface area contributed by atoms with Gasteiger partial charge < -0.3 is 10.6 Å². The van der Waals surface area contributed by atoms with Crippen LogP contribution in [0.25, 0.3) is 0 Å². The van der Waals surface area contributed by atoms with Gasteiger partial charge in [0.2, 0.25) is 0 Å². The van der Waals surface area contributed by atoms with Crippen molar-refractivity contribution in [1.82, 2.24) is 20.6 Å². The molecule has 0 aliphatic rings. The molecule has 126 valence electrons. The normalized spacial score (nSPS) is 11.7. The van der Waals surface area contributed by atoms with Crippen LogP contribution >= 0.6 is 22.7 Å². The van der Waals surface area contributed by atoms with E-state index in [4.69, 9.17) is 0 Å². The lowest BCUT2D eigenvalue weighted by Gasteiger charge is -2.10. The van der Waals surface area contributed by atoms with Gasteiger partial charge >= 0.3 is 0 Å². The summed E-state index contributed by atoms with van der Waals surface area (Å²) in [4.78, 5) is 14.7. The predicted molar refractivity (Wildman–Crippen MR) is 99.9 cm³/mol. The Morgan fingerprint density at radius 2 is 1.91 bits per heavy atom. The molecule has 0 fully saturated rings. The minimum absolute atomic E-state index is 0.833. The van der Waals surface area contributed by atoms with Gasteiger partial charge in [-0.2, -0.15) is 0 Å². The number of aliphatic imine (C=N–C) groups is 1. The zero-order valence-corrected chi connectivity index (χ0v) is 15.9. The van der Waals surface area contributed by atoms with Gasteiger partial charge in [-0.3, -0.25) is 4.99 Å². The molecule has 0 aliphatic heterocycles. The van der Waals surface area contributed by atoms with E-state index in [2.05, 4.69) is 44.8 Å². The minimum atomic E-state index is 0.833. The molecule has 0 unspecified atom stereocenters. The molecule has 2 aromatic rings. The molecule has 0 saturated carbocycles. The Hall–Kier alpha value is -1.47. The third-order valence-electron chi connectivity index (χ3n) is 3.47. The first kappa shape index (κ1) is 17.9. The SMILES string of the molecule is CCc1nc(CCNC(=NC)NCCc2csc(C)n2)sc1C. The molecule has 0 aliphatic carbocycles. The number of thiazole rings is 2. The molecule has 0 aromatic carbocycles. The van der Waals surface area contributed by atoms with Crippen molar-refractivity contribution < 1.29 is 0 Å². The molecular formula is C16H25N5S2. The van der Waals surface area contributed by atoms with E-state index in [1.165, 1.54) is 15.6 Å². The maximum absolute atomic E-state index is 4.67. The number of guanidine groups is 1. The number of hydrogen-bond donors (Lipinski definition) is 2. The van der Waals surface area contributed by atoms with E-state index in [0.717, 1.165) is 49.0 Å². The van der Waals surface area contributed by atoms with Gasteiger partial charge in [0.25, 0.3) is 0 Å². The van der Waals surface area contributed by atoms with Crippen LogP contribution in [-0.2, 0) is 19.3 Å². The number of nitrogens with zero attached hydrogens (tertiary/aromatic N) is 3. The summed E-state index contributed by atoms with van der Waals surface area (Å²) in [5, 5.41) is 11.1. The molecule has 0 atom stereocenters. The second-order valence-corrected chi connectivity index (χ2v) is 7.60. The zero-order valence-electron chi connectivity index (χ0n) is 14.3. The summed E-state index contributed by atoms with van der Waals surface area (Å²) in [6.07, 6.45) is 2.85. The minimum Gasteiger partial charge on any atom is -0.356 e. The molecule has 23 heavy (non-hydrogen) atoms. The molecule has 7 heteroatoms. The molecule has 0 radical (unpaired) electrons.